The summed E-state index contributed by atoms with van der Waals surface area (Å²) in [5.74, 6) is -9.89. The van der Waals surface area contributed by atoms with Gasteiger partial charge in [0.1, 0.15) is 11.4 Å². The molecule has 1 amide bonds. The SMILES string of the molecule is COc1ccc(C(=O)NC(=S)N2CCN(c3c(F)c(F)c(F)c(F)c3F)CC2)cc1Br. The Morgan fingerprint density at radius 3 is 2.06 bits per heavy atom. The van der Waals surface area contributed by atoms with Crippen molar-refractivity contribution in [2.45, 2.75) is 0 Å². The molecule has 1 heterocycles. The molecular formula is C19H15BrF5N3O2S. The minimum Gasteiger partial charge on any atom is -0.496 e. The molecule has 2 aromatic rings. The molecule has 0 bridgehead atoms. The summed E-state index contributed by atoms with van der Waals surface area (Å²) >= 11 is 8.50. The number of thiocarbonyl (C=S) groups is 1. The van der Waals surface area contributed by atoms with Gasteiger partial charge in [-0.2, -0.15) is 0 Å². The number of rotatable bonds is 3. The third kappa shape index (κ3) is 4.59. The Bertz CT molecular complexity index is 1020. The average Bonchev–Trinajstić information content (AvgIpc) is 2.76. The summed E-state index contributed by atoms with van der Waals surface area (Å²) in [7, 11) is 1.49. The molecule has 0 atom stereocenters. The lowest BCUT2D eigenvalue weighted by molar-refractivity contribution is 0.0973. The van der Waals surface area contributed by atoms with Crippen LogP contribution in [0.1, 0.15) is 10.4 Å². The summed E-state index contributed by atoms with van der Waals surface area (Å²) in [6.45, 7) is 0.0702. The first kappa shape index (κ1) is 23.2. The number of ether oxygens (including phenoxy) is 1. The van der Waals surface area contributed by atoms with Crippen LogP contribution in [0.3, 0.4) is 0 Å². The molecule has 1 aliphatic rings. The van der Waals surface area contributed by atoms with E-state index >= 15 is 0 Å². The number of piperazine rings is 1. The van der Waals surface area contributed by atoms with E-state index in [2.05, 4.69) is 21.2 Å². The minimum absolute atomic E-state index is 0.0670. The van der Waals surface area contributed by atoms with Crippen molar-refractivity contribution in [3.8, 4) is 5.75 Å². The molecule has 0 radical (unpaired) electrons. The van der Waals surface area contributed by atoms with Crippen LogP contribution in [0, 0.1) is 29.1 Å². The van der Waals surface area contributed by atoms with Gasteiger partial charge in [0.15, 0.2) is 28.4 Å². The number of hydrogen-bond donors (Lipinski definition) is 1. The number of anilines is 1. The van der Waals surface area contributed by atoms with Gasteiger partial charge in [0.05, 0.1) is 11.6 Å². The summed E-state index contributed by atoms with van der Waals surface area (Å²) in [5.41, 5.74) is -0.663. The first-order valence-electron chi connectivity index (χ1n) is 8.85. The smallest absolute Gasteiger partial charge is 0.257 e. The molecule has 0 aromatic heterocycles. The molecule has 1 saturated heterocycles. The molecule has 0 saturated carbocycles. The zero-order valence-electron chi connectivity index (χ0n) is 15.9. The van der Waals surface area contributed by atoms with Crippen molar-refractivity contribution in [1.29, 1.82) is 0 Å². The van der Waals surface area contributed by atoms with E-state index in [-0.39, 0.29) is 31.3 Å². The number of amides is 1. The monoisotopic (exact) mass is 523 g/mol. The molecule has 12 heteroatoms. The van der Waals surface area contributed by atoms with E-state index in [1.165, 1.54) is 7.11 Å². The number of hydrogen-bond acceptors (Lipinski definition) is 4. The highest BCUT2D eigenvalue weighted by Gasteiger charge is 2.31. The second-order valence-electron chi connectivity index (χ2n) is 6.50. The Hall–Kier alpha value is -2.47. The summed E-state index contributed by atoms with van der Waals surface area (Å²) in [6.07, 6.45) is 0. The van der Waals surface area contributed by atoms with Gasteiger partial charge in [0, 0.05) is 31.7 Å². The lowest BCUT2D eigenvalue weighted by Gasteiger charge is -2.37. The Labute approximate surface area is 187 Å². The van der Waals surface area contributed by atoms with Crippen molar-refractivity contribution in [2.75, 3.05) is 38.2 Å². The lowest BCUT2D eigenvalue weighted by atomic mass is 10.2. The molecule has 0 spiro atoms. The highest BCUT2D eigenvalue weighted by Crippen LogP contribution is 2.31. The fourth-order valence-corrected chi connectivity index (χ4v) is 3.88. The maximum absolute atomic E-state index is 14.0. The average molecular weight is 524 g/mol. The van der Waals surface area contributed by atoms with Crippen LogP contribution in [0.25, 0.3) is 0 Å². The Morgan fingerprint density at radius 1 is 1.00 bits per heavy atom. The first-order chi connectivity index (χ1) is 14.6. The zero-order chi connectivity index (χ0) is 22.9. The molecule has 166 valence electrons. The second kappa shape index (κ2) is 9.35. The molecule has 2 aromatic carbocycles. The third-order valence-corrected chi connectivity index (χ3v) is 5.68. The summed E-state index contributed by atoms with van der Waals surface area (Å²) in [6, 6.07) is 4.70. The number of benzene rings is 2. The standard InChI is InChI=1S/C19H15BrF5N3O2S/c1-30-11-3-2-9(8-10(11)20)18(29)26-19(31)28-6-4-27(5-7-28)17-15(24)13(22)12(21)14(23)16(17)25/h2-3,8H,4-7H2,1H3,(H,26,29,31). The number of carbonyl (C=O) groups is 1. The predicted molar refractivity (Wildman–Crippen MR) is 111 cm³/mol. The maximum atomic E-state index is 14.0. The number of carbonyl (C=O) groups excluding carboxylic acids is 1. The minimum atomic E-state index is -2.20. The van der Waals surface area contributed by atoms with E-state index in [4.69, 9.17) is 17.0 Å². The van der Waals surface area contributed by atoms with Gasteiger partial charge in [-0.3, -0.25) is 10.1 Å². The predicted octanol–water partition coefficient (Wildman–Crippen LogP) is 3.99. The van der Waals surface area contributed by atoms with Crippen molar-refractivity contribution < 1.29 is 31.5 Å². The number of halogens is 6. The van der Waals surface area contributed by atoms with E-state index in [0.29, 0.717) is 15.8 Å². The van der Waals surface area contributed by atoms with Gasteiger partial charge in [-0.05, 0) is 46.3 Å². The largest absolute Gasteiger partial charge is 0.496 e. The molecule has 31 heavy (non-hydrogen) atoms. The van der Waals surface area contributed by atoms with Gasteiger partial charge >= 0.3 is 0 Å². The van der Waals surface area contributed by atoms with Crippen LogP contribution in [-0.2, 0) is 0 Å². The van der Waals surface area contributed by atoms with E-state index in [1.807, 2.05) is 0 Å². The molecule has 1 fully saturated rings. The highest BCUT2D eigenvalue weighted by molar-refractivity contribution is 9.10. The van der Waals surface area contributed by atoms with Crippen molar-refractivity contribution >= 4 is 44.9 Å². The Kier molecular flexibility index (Phi) is 6.99. The number of nitrogens with one attached hydrogen (secondary N) is 1. The topological polar surface area (TPSA) is 44.8 Å². The van der Waals surface area contributed by atoms with Crippen LogP contribution >= 0.6 is 28.1 Å². The molecule has 5 nitrogen and oxygen atoms in total. The number of nitrogens with zero attached hydrogens (tertiary/aromatic N) is 2. The summed E-state index contributed by atoms with van der Waals surface area (Å²) in [5, 5.41) is 2.63. The fraction of sp³-hybridized carbons (Fsp3) is 0.263. The molecule has 3 rings (SSSR count). The quantitative estimate of drug-likeness (QED) is 0.285. The van der Waals surface area contributed by atoms with E-state index in [1.54, 1.807) is 23.1 Å². The van der Waals surface area contributed by atoms with Crippen LogP contribution < -0.4 is 15.0 Å². The van der Waals surface area contributed by atoms with Crippen LogP contribution in [0.15, 0.2) is 22.7 Å². The normalized spacial score (nSPS) is 13.9. The van der Waals surface area contributed by atoms with Crippen molar-refractivity contribution in [1.82, 2.24) is 10.2 Å². The van der Waals surface area contributed by atoms with E-state index in [0.717, 1.165) is 4.90 Å². The third-order valence-electron chi connectivity index (χ3n) is 4.70. The van der Waals surface area contributed by atoms with E-state index in [9.17, 15) is 26.7 Å². The van der Waals surface area contributed by atoms with Gasteiger partial charge in [-0.1, -0.05) is 0 Å². The Balaban J connectivity index is 1.66. The molecule has 0 aliphatic carbocycles. The van der Waals surface area contributed by atoms with Crippen LogP contribution in [-0.4, -0.2) is 49.2 Å². The van der Waals surface area contributed by atoms with Crippen molar-refractivity contribution in [3.05, 3.63) is 57.3 Å². The second-order valence-corrected chi connectivity index (χ2v) is 7.74. The van der Waals surface area contributed by atoms with Crippen molar-refractivity contribution in [2.24, 2.45) is 0 Å². The number of methoxy groups -OCH3 is 1. The maximum Gasteiger partial charge on any atom is 0.257 e. The summed E-state index contributed by atoms with van der Waals surface area (Å²) < 4.78 is 73.9. The first-order valence-corrected chi connectivity index (χ1v) is 10.1. The van der Waals surface area contributed by atoms with Gasteiger partial charge in [-0.25, -0.2) is 22.0 Å². The van der Waals surface area contributed by atoms with Crippen LogP contribution in [0.4, 0.5) is 27.6 Å². The van der Waals surface area contributed by atoms with Gasteiger partial charge in [-0.15, -0.1) is 0 Å². The van der Waals surface area contributed by atoms with Gasteiger partial charge in [0.25, 0.3) is 5.91 Å². The van der Waals surface area contributed by atoms with E-state index < -0.39 is 40.7 Å². The van der Waals surface area contributed by atoms with Crippen molar-refractivity contribution in [3.63, 3.8) is 0 Å². The lowest BCUT2D eigenvalue weighted by Crippen LogP contribution is -2.53. The molecular weight excluding hydrogens is 509 g/mol. The Morgan fingerprint density at radius 2 is 1.55 bits per heavy atom. The highest BCUT2D eigenvalue weighted by atomic mass is 79.9. The van der Waals surface area contributed by atoms with Gasteiger partial charge in [0.2, 0.25) is 5.82 Å². The van der Waals surface area contributed by atoms with Crippen LogP contribution in [0.5, 0.6) is 5.75 Å². The summed E-state index contributed by atoms with van der Waals surface area (Å²) in [4.78, 5) is 15.0. The zero-order valence-corrected chi connectivity index (χ0v) is 18.3. The van der Waals surface area contributed by atoms with Crippen LogP contribution in [0.2, 0.25) is 0 Å². The molecule has 0 unspecified atom stereocenters. The molecule has 1 aliphatic heterocycles. The fourth-order valence-electron chi connectivity index (χ4n) is 3.06. The molecule has 1 N–H and O–H groups in total. The van der Waals surface area contributed by atoms with Gasteiger partial charge < -0.3 is 14.5 Å².